The molecular weight excluding hydrogens is 324 g/mol. The second-order valence-electron chi connectivity index (χ2n) is 10.9. The zero-order chi connectivity index (χ0) is 18.7. The van der Waals surface area contributed by atoms with Crippen LogP contribution in [0.2, 0.25) is 0 Å². The van der Waals surface area contributed by atoms with Crippen LogP contribution in [0.1, 0.15) is 79.1 Å². The summed E-state index contributed by atoms with van der Waals surface area (Å²) >= 11 is 0. The SMILES string of the molecule is CC(C)(C)NC(=O)[C@H]1CC[C@H]2[C@@H]3CC[C@H]4C[C@@H](O)CCN4[C@H]3CC[C@]12C. The van der Waals surface area contributed by atoms with Crippen LogP contribution in [0.15, 0.2) is 0 Å². The monoisotopic (exact) mass is 362 g/mol. The number of amides is 1. The van der Waals surface area contributed by atoms with Gasteiger partial charge in [-0.25, -0.2) is 0 Å². The molecule has 0 unspecified atom stereocenters. The molecular formula is C22H38N2O2. The first kappa shape index (κ1) is 18.7. The number of carbonyl (C=O) groups is 1. The molecule has 4 nitrogen and oxygen atoms in total. The second-order valence-corrected chi connectivity index (χ2v) is 10.9. The van der Waals surface area contributed by atoms with Crippen molar-refractivity contribution in [2.75, 3.05) is 6.54 Å². The van der Waals surface area contributed by atoms with E-state index in [0.29, 0.717) is 18.0 Å². The lowest BCUT2D eigenvalue weighted by Crippen LogP contribution is -2.60. The molecule has 0 spiro atoms. The normalized spacial score (nSPS) is 46.2. The van der Waals surface area contributed by atoms with Crippen LogP contribution in [0.4, 0.5) is 0 Å². The standard InChI is InChI=1S/C22H38N2O2/c1-21(2,3)23-20(26)18-8-7-17-16-6-5-14-13-15(25)10-12-24(14)19(16)9-11-22(17,18)4/h14-19,25H,5-13H2,1-4H3,(H,23,26)/t14-,15-,16-,17-,18+,19-,22-/m0/s1. The van der Waals surface area contributed by atoms with Crippen molar-refractivity contribution < 1.29 is 9.90 Å². The first-order valence-corrected chi connectivity index (χ1v) is 10.9. The molecule has 7 atom stereocenters. The maximum atomic E-state index is 13.0. The molecule has 4 rings (SSSR count). The van der Waals surface area contributed by atoms with Crippen molar-refractivity contribution in [3.05, 3.63) is 0 Å². The van der Waals surface area contributed by atoms with Crippen molar-refractivity contribution in [1.82, 2.24) is 10.2 Å². The van der Waals surface area contributed by atoms with Crippen LogP contribution in [-0.4, -0.2) is 46.2 Å². The van der Waals surface area contributed by atoms with E-state index in [-0.39, 0.29) is 28.9 Å². The van der Waals surface area contributed by atoms with Gasteiger partial charge in [0.15, 0.2) is 0 Å². The van der Waals surface area contributed by atoms with Crippen molar-refractivity contribution in [3.63, 3.8) is 0 Å². The lowest BCUT2D eigenvalue weighted by molar-refractivity contribution is -0.135. The van der Waals surface area contributed by atoms with Crippen LogP contribution in [0, 0.1) is 23.2 Å². The van der Waals surface area contributed by atoms with E-state index < -0.39 is 0 Å². The minimum absolute atomic E-state index is 0.0846. The lowest BCUT2D eigenvalue weighted by atomic mass is 9.57. The Hall–Kier alpha value is -0.610. The Labute approximate surface area is 159 Å². The van der Waals surface area contributed by atoms with Crippen molar-refractivity contribution >= 4 is 5.91 Å². The topological polar surface area (TPSA) is 52.6 Å². The van der Waals surface area contributed by atoms with Crippen molar-refractivity contribution in [2.45, 2.75) is 103 Å². The molecule has 26 heavy (non-hydrogen) atoms. The summed E-state index contributed by atoms with van der Waals surface area (Å²) in [5.41, 5.74) is 0.0358. The number of aliphatic hydroxyl groups is 1. The van der Waals surface area contributed by atoms with Gasteiger partial charge in [0.05, 0.1) is 6.10 Å². The molecule has 2 aliphatic heterocycles. The molecule has 2 saturated heterocycles. The third-order valence-corrected chi connectivity index (χ3v) is 8.21. The summed E-state index contributed by atoms with van der Waals surface area (Å²) in [6.07, 6.45) is 9.08. The molecule has 1 amide bonds. The highest BCUT2D eigenvalue weighted by Gasteiger charge is 2.58. The minimum atomic E-state index is -0.143. The zero-order valence-corrected chi connectivity index (χ0v) is 17.1. The smallest absolute Gasteiger partial charge is 0.224 e. The molecule has 2 N–H and O–H groups in total. The van der Waals surface area contributed by atoms with Crippen molar-refractivity contribution in [2.24, 2.45) is 23.2 Å². The van der Waals surface area contributed by atoms with Crippen LogP contribution >= 0.6 is 0 Å². The molecule has 2 saturated carbocycles. The van der Waals surface area contributed by atoms with E-state index in [4.69, 9.17) is 0 Å². The Morgan fingerprint density at radius 1 is 1.12 bits per heavy atom. The van der Waals surface area contributed by atoms with Gasteiger partial charge in [-0.3, -0.25) is 9.69 Å². The first-order chi connectivity index (χ1) is 12.2. The highest BCUT2D eigenvalue weighted by atomic mass is 16.3. The Morgan fingerprint density at radius 2 is 1.88 bits per heavy atom. The molecule has 0 radical (unpaired) electrons. The maximum absolute atomic E-state index is 13.0. The van der Waals surface area contributed by atoms with E-state index in [9.17, 15) is 9.90 Å². The van der Waals surface area contributed by atoms with E-state index in [0.717, 1.165) is 31.7 Å². The largest absolute Gasteiger partial charge is 0.393 e. The number of fused-ring (bicyclic) bond motifs is 5. The van der Waals surface area contributed by atoms with E-state index >= 15 is 0 Å². The predicted molar refractivity (Wildman–Crippen MR) is 104 cm³/mol. The van der Waals surface area contributed by atoms with E-state index in [1.54, 1.807) is 0 Å². The molecule has 4 fully saturated rings. The minimum Gasteiger partial charge on any atom is -0.393 e. The average molecular weight is 363 g/mol. The molecule has 0 aromatic rings. The van der Waals surface area contributed by atoms with Gasteiger partial charge in [-0.2, -0.15) is 0 Å². The summed E-state index contributed by atoms with van der Waals surface area (Å²) in [4.78, 5) is 15.7. The van der Waals surface area contributed by atoms with Gasteiger partial charge in [-0.1, -0.05) is 6.92 Å². The molecule has 0 aromatic carbocycles. The van der Waals surface area contributed by atoms with Gasteiger partial charge >= 0.3 is 0 Å². The number of nitrogens with one attached hydrogen (secondary N) is 1. The third kappa shape index (κ3) is 3.11. The fraction of sp³-hybridized carbons (Fsp3) is 0.955. The highest BCUT2D eigenvalue weighted by molar-refractivity contribution is 5.80. The zero-order valence-electron chi connectivity index (χ0n) is 17.1. The van der Waals surface area contributed by atoms with Gasteiger partial charge in [0, 0.05) is 30.1 Å². The first-order valence-electron chi connectivity index (χ1n) is 10.9. The van der Waals surface area contributed by atoms with Gasteiger partial charge < -0.3 is 10.4 Å². The Kier molecular flexibility index (Phi) is 4.67. The van der Waals surface area contributed by atoms with Crippen LogP contribution in [-0.2, 0) is 4.79 Å². The lowest BCUT2D eigenvalue weighted by Gasteiger charge is -2.57. The van der Waals surface area contributed by atoms with Gasteiger partial charge in [-0.15, -0.1) is 0 Å². The van der Waals surface area contributed by atoms with E-state index in [1.807, 2.05) is 0 Å². The number of piperidine rings is 2. The van der Waals surface area contributed by atoms with Crippen molar-refractivity contribution in [1.29, 1.82) is 0 Å². The van der Waals surface area contributed by atoms with Crippen LogP contribution in [0.25, 0.3) is 0 Å². The Morgan fingerprint density at radius 3 is 2.62 bits per heavy atom. The summed E-state index contributed by atoms with van der Waals surface area (Å²) in [7, 11) is 0. The molecule has 4 aliphatic rings. The summed E-state index contributed by atoms with van der Waals surface area (Å²) in [5, 5.41) is 13.3. The van der Waals surface area contributed by atoms with Crippen molar-refractivity contribution in [3.8, 4) is 0 Å². The van der Waals surface area contributed by atoms with E-state index in [1.165, 1.54) is 32.1 Å². The van der Waals surface area contributed by atoms with Crippen LogP contribution in [0.3, 0.4) is 0 Å². The fourth-order valence-corrected chi connectivity index (χ4v) is 7.11. The summed E-state index contributed by atoms with van der Waals surface area (Å²) in [6, 6.07) is 1.30. The number of aliphatic hydroxyl groups excluding tert-OH is 1. The number of hydrogen-bond acceptors (Lipinski definition) is 3. The third-order valence-electron chi connectivity index (χ3n) is 8.21. The number of nitrogens with zero attached hydrogens (tertiary/aromatic N) is 1. The highest BCUT2D eigenvalue weighted by Crippen LogP contribution is 2.60. The molecule has 4 heteroatoms. The van der Waals surface area contributed by atoms with Gasteiger partial charge in [-0.05, 0) is 89.4 Å². The van der Waals surface area contributed by atoms with Gasteiger partial charge in [0.2, 0.25) is 5.91 Å². The Bertz CT molecular complexity index is 557. The predicted octanol–water partition coefficient (Wildman–Crippen LogP) is 3.33. The van der Waals surface area contributed by atoms with Gasteiger partial charge in [0.25, 0.3) is 0 Å². The maximum Gasteiger partial charge on any atom is 0.224 e. The number of hydrogen-bond donors (Lipinski definition) is 2. The molecule has 0 bridgehead atoms. The van der Waals surface area contributed by atoms with Gasteiger partial charge in [0.1, 0.15) is 0 Å². The quantitative estimate of drug-likeness (QED) is 0.752. The molecule has 148 valence electrons. The fourth-order valence-electron chi connectivity index (χ4n) is 7.11. The molecule has 2 heterocycles. The van der Waals surface area contributed by atoms with E-state index in [2.05, 4.69) is 37.9 Å². The molecule has 0 aromatic heterocycles. The van der Waals surface area contributed by atoms with Crippen LogP contribution in [0.5, 0.6) is 0 Å². The number of rotatable bonds is 1. The summed E-state index contributed by atoms with van der Waals surface area (Å²) in [6.45, 7) is 9.75. The molecule has 2 aliphatic carbocycles. The number of carbonyl (C=O) groups excluding carboxylic acids is 1. The summed E-state index contributed by atoms with van der Waals surface area (Å²) in [5.74, 6) is 1.93. The summed E-state index contributed by atoms with van der Waals surface area (Å²) < 4.78 is 0. The average Bonchev–Trinajstić information content (AvgIpc) is 2.90. The second kappa shape index (κ2) is 6.48. The Balaban J connectivity index is 1.50. The van der Waals surface area contributed by atoms with Crippen LogP contribution < -0.4 is 5.32 Å².